The standard InChI is InChI=1S/C13H20FN3O3S/c1-9(2)5-6-21(19,20)16-8-11-4-3-10(7-12(11)14)13(15)17-18/h3-4,7,9,16,18H,5-6,8H2,1-2H3,(H2,15,17). The van der Waals surface area contributed by atoms with Crippen LogP contribution in [0.5, 0.6) is 0 Å². The molecule has 1 rings (SSSR count). The summed E-state index contributed by atoms with van der Waals surface area (Å²) >= 11 is 0. The van der Waals surface area contributed by atoms with Crippen molar-refractivity contribution in [3.63, 3.8) is 0 Å². The number of oxime groups is 1. The monoisotopic (exact) mass is 317 g/mol. The predicted molar refractivity (Wildman–Crippen MR) is 79.0 cm³/mol. The Bertz CT molecular complexity index is 615. The zero-order valence-electron chi connectivity index (χ0n) is 12.0. The van der Waals surface area contributed by atoms with E-state index in [0.717, 1.165) is 6.07 Å². The highest BCUT2D eigenvalue weighted by atomic mass is 32.2. The molecule has 0 bridgehead atoms. The van der Waals surface area contributed by atoms with Gasteiger partial charge in [-0.15, -0.1) is 0 Å². The lowest BCUT2D eigenvalue weighted by atomic mass is 10.1. The molecule has 0 fully saturated rings. The van der Waals surface area contributed by atoms with Crippen molar-refractivity contribution in [3.8, 4) is 0 Å². The normalized spacial score (nSPS) is 12.9. The zero-order valence-corrected chi connectivity index (χ0v) is 12.8. The molecular formula is C13H20FN3O3S. The van der Waals surface area contributed by atoms with Crippen LogP contribution in [-0.4, -0.2) is 25.2 Å². The van der Waals surface area contributed by atoms with E-state index >= 15 is 0 Å². The third-order valence-electron chi connectivity index (χ3n) is 2.90. The highest BCUT2D eigenvalue weighted by Gasteiger charge is 2.13. The van der Waals surface area contributed by atoms with E-state index in [1.807, 2.05) is 13.8 Å². The van der Waals surface area contributed by atoms with Crippen molar-refractivity contribution in [3.05, 3.63) is 35.1 Å². The Hall–Kier alpha value is -1.67. The Balaban J connectivity index is 2.72. The van der Waals surface area contributed by atoms with Crippen molar-refractivity contribution in [2.45, 2.75) is 26.8 Å². The average Bonchev–Trinajstić information content (AvgIpc) is 2.43. The summed E-state index contributed by atoms with van der Waals surface area (Å²) in [5.41, 5.74) is 5.76. The number of benzene rings is 1. The molecule has 0 unspecified atom stereocenters. The smallest absolute Gasteiger partial charge is 0.211 e. The lowest BCUT2D eigenvalue weighted by Crippen LogP contribution is -2.27. The summed E-state index contributed by atoms with van der Waals surface area (Å²) in [7, 11) is -3.43. The third-order valence-corrected chi connectivity index (χ3v) is 4.26. The van der Waals surface area contributed by atoms with Crippen molar-refractivity contribution < 1.29 is 18.0 Å². The average molecular weight is 317 g/mol. The van der Waals surface area contributed by atoms with Gasteiger partial charge in [-0.1, -0.05) is 31.1 Å². The number of rotatable bonds is 7. The molecule has 0 spiro atoms. The van der Waals surface area contributed by atoms with E-state index < -0.39 is 15.8 Å². The molecule has 4 N–H and O–H groups in total. The largest absolute Gasteiger partial charge is 0.409 e. The SMILES string of the molecule is CC(C)CCS(=O)(=O)NCc1ccc(C(N)=NO)cc1F. The highest BCUT2D eigenvalue weighted by molar-refractivity contribution is 7.89. The molecule has 0 radical (unpaired) electrons. The van der Waals surface area contributed by atoms with Crippen molar-refractivity contribution in [1.29, 1.82) is 0 Å². The quantitative estimate of drug-likeness (QED) is 0.306. The number of nitrogens with one attached hydrogen (secondary N) is 1. The maximum Gasteiger partial charge on any atom is 0.211 e. The van der Waals surface area contributed by atoms with Gasteiger partial charge in [-0.05, 0) is 18.4 Å². The van der Waals surface area contributed by atoms with Gasteiger partial charge in [0.1, 0.15) is 5.82 Å². The maximum atomic E-state index is 13.8. The lowest BCUT2D eigenvalue weighted by molar-refractivity contribution is 0.318. The minimum atomic E-state index is -3.43. The predicted octanol–water partition coefficient (Wildman–Crippen LogP) is 1.39. The molecular weight excluding hydrogens is 297 g/mol. The molecule has 0 aromatic heterocycles. The fourth-order valence-electron chi connectivity index (χ4n) is 1.56. The van der Waals surface area contributed by atoms with Crippen LogP contribution in [-0.2, 0) is 16.6 Å². The summed E-state index contributed by atoms with van der Waals surface area (Å²) in [4.78, 5) is 0. The van der Waals surface area contributed by atoms with E-state index in [1.165, 1.54) is 12.1 Å². The minimum Gasteiger partial charge on any atom is -0.409 e. The second kappa shape index (κ2) is 7.37. The van der Waals surface area contributed by atoms with E-state index in [2.05, 4.69) is 9.88 Å². The molecule has 1 aromatic carbocycles. The van der Waals surface area contributed by atoms with Crippen molar-refractivity contribution in [1.82, 2.24) is 4.72 Å². The Morgan fingerprint density at radius 2 is 2.14 bits per heavy atom. The lowest BCUT2D eigenvalue weighted by Gasteiger charge is -2.09. The molecule has 0 saturated carbocycles. The van der Waals surface area contributed by atoms with Gasteiger partial charge in [0.15, 0.2) is 5.84 Å². The fourth-order valence-corrected chi connectivity index (χ4v) is 2.86. The molecule has 0 heterocycles. The van der Waals surface area contributed by atoms with E-state index in [-0.39, 0.29) is 35.2 Å². The number of halogens is 1. The summed E-state index contributed by atoms with van der Waals surface area (Å²) in [6.45, 7) is 3.73. The van der Waals surface area contributed by atoms with Gasteiger partial charge in [0, 0.05) is 17.7 Å². The second-order valence-electron chi connectivity index (χ2n) is 5.11. The van der Waals surface area contributed by atoms with E-state index in [4.69, 9.17) is 10.9 Å². The van der Waals surface area contributed by atoms with Crippen molar-refractivity contribution in [2.75, 3.05) is 5.75 Å². The molecule has 0 aliphatic rings. The number of hydrogen-bond donors (Lipinski definition) is 3. The van der Waals surface area contributed by atoms with Gasteiger partial charge in [-0.25, -0.2) is 17.5 Å². The summed E-state index contributed by atoms with van der Waals surface area (Å²) in [6, 6.07) is 3.94. The van der Waals surface area contributed by atoms with Gasteiger partial charge in [-0.2, -0.15) is 0 Å². The summed E-state index contributed by atoms with van der Waals surface area (Å²) in [6.07, 6.45) is 0.542. The van der Waals surface area contributed by atoms with Crippen molar-refractivity contribution >= 4 is 15.9 Å². The third kappa shape index (κ3) is 5.68. The van der Waals surface area contributed by atoms with Crippen LogP contribution in [0.25, 0.3) is 0 Å². The molecule has 6 nitrogen and oxygen atoms in total. The second-order valence-corrected chi connectivity index (χ2v) is 7.04. The molecule has 8 heteroatoms. The first-order chi connectivity index (χ1) is 9.75. The Labute approximate surface area is 123 Å². The van der Waals surface area contributed by atoms with Crippen LogP contribution in [0.2, 0.25) is 0 Å². The number of sulfonamides is 1. The first kappa shape index (κ1) is 17.4. The van der Waals surface area contributed by atoms with Gasteiger partial charge in [-0.3, -0.25) is 0 Å². The van der Waals surface area contributed by atoms with Gasteiger partial charge in [0.2, 0.25) is 10.0 Å². The van der Waals surface area contributed by atoms with E-state index in [9.17, 15) is 12.8 Å². The van der Waals surface area contributed by atoms with E-state index in [1.54, 1.807) is 0 Å². The highest BCUT2D eigenvalue weighted by Crippen LogP contribution is 2.11. The molecule has 21 heavy (non-hydrogen) atoms. The first-order valence-electron chi connectivity index (χ1n) is 6.49. The first-order valence-corrected chi connectivity index (χ1v) is 8.14. The molecule has 0 aliphatic heterocycles. The van der Waals surface area contributed by atoms with Crippen LogP contribution in [0.3, 0.4) is 0 Å². The topological polar surface area (TPSA) is 105 Å². The number of nitrogens with two attached hydrogens (primary N) is 1. The molecule has 0 atom stereocenters. The molecule has 1 aromatic rings. The summed E-state index contributed by atoms with van der Waals surface area (Å²) in [5.74, 6) is -0.545. The van der Waals surface area contributed by atoms with E-state index in [0.29, 0.717) is 6.42 Å². The molecule has 0 amide bonds. The molecule has 118 valence electrons. The number of nitrogens with zero attached hydrogens (tertiary/aromatic N) is 1. The number of hydrogen-bond acceptors (Lipinski definition) is 4. The maximum absolute atomic E-state index is 13.8. The van der Waals surface area contributed by atoms with Gasteiger partial charge in [0.25, 0.3) is 0 Å². The van der Waals surface area contributed by atoms with Crippen LogP contribution in [0.15, 0.2) is 23.4 Å². The van der Waals surface area contributed by atoms with Crippen molar-refractivity contribution in [2.24, 2.45) is 16.8 Å². The fraction of sp³-hybridized carbons (Fsp3) is 0.462. The van der Waals surface area contributed by atoms with Gasteiger partial charge >= 0.3 is 0 Å². The zero-order chi connectivity index (χ0) is 16.0. The van der Waals surface area contributed by atoms with Crippen LogP contribution >= 0.6 is 0 Å². The van der Waals surface area contributed by atoms with Gasteiger partial charge in [0.05, 0.1) is 5.75 Å². The summed E-state index contributed by atoms with van der Waals surface area (Å²) in [5, 5.41) is 11.3. The minimum absolute atomic E-state index is 0.00842. The van der Waals surface area contributed by atoms with Crippen LogP contribution in [0, 0.1) is 11.7 Å². The van der Waals surface area contributed by atoms with Crippen LogP contribution < -0.4 is 10.5 Å². The Kier molecular flexibility index (Phi) is 6.10. The summed E-state index contributed by atoms with van der Waals surface area (Å²) < 4.78 is 39.6. The number of amidine groups is 1. The van der Waals surface area contributed by atoms with Crippen LogP contribution in [0.1, 0.15) is 31.4 Å². The van der Waals surface area contributed by atoms with Crippen LogP contribution in [0.4, 0.5) is 4.39 Å². The van der Waals surface area contributed by atoms with Gasteiger partial charge < -0.3 is 10.9 Å². The Morgan fingerprint density at radius 3 is 2.67 bits per heavy atom. The molecule has 0 saturated heterocycles. The Morgan fingerprint density at radius 1 is 1.48 bits per heavy atom. The molecule has 0 aliphatic carbocycles.